The normalized spacial score (nSPS) is 11.1. The Morgan fingerprint density at radius 2 is 1.83 bits per heavy atom. The molecule has 0 saturated carbocycles. The number of anilines is 1. The Hall–Kier alpha value is -2.94. The molecule has 0 atom stereocenters. The van der Waals surface area contributed by atoms with Gasteiger partial charge in [-0.25, -0.2) is 4.39 Å². The summed E-state index contributed by atoms with van der Waals surface area (Å²) in [5.74, 6) is -0.209. The molecule has 0 bridgehead atoms. The van der Waals surface area contributed by atoms with Crippen LogP contribution in [0.5, 0.6) is 0 Å². The molecule has 0 aliphatic heterocycles. The second-order valence-corrected chi connectivity index (χ2v) is 5.71. The van der Waals surface area contributed by atoms with Gasteiger partial charge in [-0.2, -0.15) is 0 Å². The summed E-state index contributed by atoms with van der Waals surface area (Å²) in [6, 6.07) is 14.9. The van der Waals surface area contributed by atoms with Gasteiger partial charge in [0.2, 0.25) is 0 Å². The molecule has 0 aliphatic carbocycles. The summed E-state index contributed by atoms with van der Waals surface area (Å²) in [5.41, 5.74) is 12.1. The number of aromatic nitrogens is 1. The lowest BCUT2D eigenvalue weighted by molar-refractivity contribution is 0.619. The molecular weight excluding hydrogens is 299 g/mol. The summed E-state index contributed by atoms with van der Waals surface area (Å²) in [5, 5.41) is 0. The van der Waals surface area contributed by atoms with Gasteiger partial charge in [-0.05, 0) is 66.9 Å². The van der Waals surface area contributed by atoms with E-state index < -0.39 is 0 Å². The zero-order chi connectivity index (χ0) is 17.1. The molecule has 2 nitrogen and oxygen atoms in total. The lowest BCUT2D eigenvalue weighted by Gasteiger charge is -2.11. The van der Waals surface area contributed by atoms with Crippen LogP contribution in [-0.4, -0.2) is 4.98 Å². The molecule has 1 heterocycles. The van der Waals surface area contributed by atoms with E-state index in [2.05, 4.69) is 4.98 Å². The Morgan fingerprint density at radius 3 is 2.58 bits per heavy atom. The van der Waals surface area contributed by atoms with Crippen LogP contribution in [-0.2, 0) is 0 Å². The van der Waals surface area contributed by atoms with Crippen molar-refractivity contribution in [2.45, 2.75) is 13.8 Å². The van der Waals surface area contributed by atoms with E-state index >= 15 is 0 Å². The lowest BCUT2D eigenvalue weighted by Crippen LogP contribution is -1.93. The first-order chi connectivity index (χ1) is 11.6. The number of hydrogen-bond donors (Lipinski definition) is 1. The minimum Gasteiger partial charge on any atom is -0.398 e. The maximum atomic E-state index is 13.6. The second kappa shape index (κ2) is 6.67. The molecule has 3 rings (SSSR count). The molecule has 0 fully saturated rings. The van der Waals surface area contributed by atoms with E-state index in [1.807, 2.05) is 55.5 Å². The molecule has 0 amide bonds. The Morgan fingerprint density at radius 1 is 1.04 bits per heavy atom. The van der Waals surface area contributed by atoms with E-state index in [0.717, 1.165) is 33.6 Å². The minimum absolute atomic E-state index is 0.209. The van der Waals surface area contributed by atoms with Crippen molar-refractivity contribution in [3.05, 3.63) is 77.7 Å². The quantitative estimate of drug-likeness (QED) is 0.650. The molecule has 3 aromatic rings. The van der Waals surface area contributed by atoms with Crippen molar-refractivity contribution in [1.29, 1.82) is 0 Å². The number of nitrogen functional groups attached to an aromatic ring is 1. The molecule has 120 valence electrons. The fraction of sp³-hybridized carbons (Fsp3) is 0.0952. The van der Waals surface area contributed by atoms with Crippen LogP contribution in [0.2, 0.25) is 0 Å². The zero-order valence-corrected chi connectivity index (χ0v) is 13.8. The fourth-order valence-corrected chi connectivity index (χ4v) is 2.73. The van der Waals surface area contributed by atoms with Crippen molar-refractivity contribution in [3.63, 3.8) is 0 Å². The number of hydrogen-bond acceptors (Lipinski definition) is 2. The third-order valence-electron chi connectivity index (χ3n) is 3.98. The molecule has 3 heteroatoms. The molecule has 0 saturated heterocycles. The lowest BCUT2D eigenvalue weighted by atomic mass is 9.96. The molecule has 0 unspecified atom stereocenters. The number of rotatable bonds is 3. The summed E-state index contributed by atoms with van der Waals surface area (Å²) >= 11 is 0. The van der Waals surface area contributed by atoms with Gasteiger partial charge in [0.1, 0.15) is 5.82 Å². The Balaban J connectivity index is 2.16. The smallest absolute Gasteiger partial charge is 0.126 e. The van der Waals surface area contributed by atoms with Gasteiger partial charge in [0.15, 0.2) is 0 Å². The average Bonchev–Trinajstić information content (AvgIpc) is 2.59. The van der Waals surface area contributed by atoms with Gasteiger partial charge in [-0.15, -0.1) is 0 Å². The van der Waals surface area contributed by atoms with Gasteiger partial charge in [-0.1, -0.05) is 24.3 Å². The number of benzene rings is 2. The molecule has 0 spiro atoms. The molecule has 24 heavy (non-hydrogen) atoms. The highest BCUT2D eigenvalue weighted by Crippen LogP contribution is 2.32. The van der Waals surface area contributed by atoms with Crippen molar-refractivity contribution in [2.75, 3.05) is 5.73 Å². The highest BCUT2D eigenvalue weighted by Gasteiger charge is 2.11. The largest absolute Gasteiger partial charge is 0.398 e. The van der Waals surface area contributed by atoms with Crippen molar-refractivity contribution >= 4 is 11.8 Å². The van der Waals surface area contributed by atoms with Gasteiger partial charge in [-0.3, -0.25) is 4.98 Å². The first-order valence-electron chi connectivity index (χ1n) is 7.84. The predicted molar refractivity (Wildman–Crippen MR) is 98.9 cm³/mol. The fourth-order valence-electron chi connectivity index (χ4n) is 2.73. The Bertz CT molecular complexity index is 913. The predicted octanol–water partition coefficient (Wildman–Crippen LogP) is 5.48. The average molecular weight is 318 g/mol. The number of nitrogens with zero attached hydrogens (tertiary/aromatic N) is 1. The van der Waals surface area contributed by atoms with Crippen LogP contribution in [0.3, 0.4) is 0 Å². The van der Waals surface area contributed by atoms with Crippen molar-refractivity contribution in [2.24, 2.45) is 0 Å². The summed E-state index contributed by atoms with van der Waals surface area (Å²) < 4.78 is 13.6. The van der Waals surface area contributed by atoms with Crippen molar-refractivity contribution in [1.82, 2.24) is 4.98 Å². The van der Waals surface area contributed by atoms with Crippen molar-refractivity contribution < 1.29 is 4.39 Å². The first-order valence-corrected chi connectivity index (χ1v) is 7.84. The number of halogens is 1. The van der Waals surface area contributed by atoms with E-state index in [9.17, 15) is 4.39 Å². The summed E-state index contributed by atoms with van der Waals surface area (Å²) in [4.78, 5) is 4.52. The Kier molecular flexibility index (Phi) is 4.43. The summed E-state index contributed by atoms with van der Waals surface area (Å²) in [6.45, 7) is 3.72. The standard InChI is InChI=1S/C21H19FN2/c1-3-5-16-13-15(8-10-20(16)23)18-6-4-11-24-21(18)17-7-9-19(22)14(2)12-17/h3-13H,23H2,1-2H3. The van der Waals surface area contributed by atoms with E-state index in [0.29, 0.717) is 5.56 Å². The molecule has 2 aromatic carbocycles. The van der Waals surface area contributed by atoms with Gasteiger partial charge < -0.3 is 5.73 Å². The summed E-state index contributed by atoms with van der Waals surface area (Å²) in [6.07, 6.45) is 5.70. The highest BCUT2D eigenvalue weighted by atomic mass is 19.1. The second-order valence-electron chi connectivity index (χ2n) is 5.71. The van der Waals surface area contributed by atoms with E-state index in [1.54, 1.807) is 19.2 Å². The third-order valence-corrected chi connectivity index (χ3v) is 3.98. The minimum atomic E-state index is -0.209. The van der Waals surface area contributed by atoms with Crippen LogP contribution in [0, 0.1) is 12.7 Å². The van der Waals surface area contributed by atoms with Gasteiger partial charge in [0.25, 0.3) is 0 Å². The number of aryl methyl sites for hydroxylation is 1. The van der Waals surface area contributed by atoms with Crippen LogP contribution in [0.25, 0.3) is 28.5 Å². The number of pyridine rings is 1. The maximum absolute atomic E-state index is 13.6. The van der Waals surface area contributed by atoms with E-state index in [-0.39, 0.29) is 5.82 Å². The van der Waals surface area contributed by atoms with E-state index in [1.165, 1.54) is 6.07 Å². The van der Waals surface area contributed by atoms with Gasteiger partial charge >= 0.3 is 0 Å². The third kappa shape index (κ3) is 3.06. The first kappa shape index (κ1) is 15.9. The van der Waals surface area contributed by atoms with Crippen LogP contribution in [0.15, 0.2) is 60.8 Å². The molecular formula is C21H19FN2. The maximum Gasteiger partial charge on any atom is 0.126 e. The van der Waals surface area contributed by atoms with Gasteiger partial charge in [0.05, 0.1) is 5.69 Å². The zero-order valence-electron chi connectivity index (χ0n) is 13.8. The van der Waals surface area contributed by atoms with E-state index in [4.69, 9.17) is 5.73 Å². The van der Waals surface area contributed by atoms with Crippen molar-refractivity contribution in [3.8, 4) is 22.4 Å². The van der Waals surface area contributed by atoms with Crippen LogP contribution in [0.1, 0.15) is 18.1 Å². The SMILES string of the molecule is CC=Cc1cc(-c2cccnc2-c2ccc(F)c(C)c2)ccc1N. The monoisotopic (exact) mass is 318 g/mol. The molecule has 1 aromatic heterocycles. The number of allylic oxidation sites excluding steroid dienone is 1. The van der Waals surface area contributed by atoms with Crippen LogP contribution >= 0.6 is 0 Å². The molecule has 2 N–H and O–H groups in total. The van der Waals surface area contributed by atoms with Crippen LogP contribution < -0.4 is 5.73 Å². The highest BCUT2D eigenvalue weighted by molar-refractivity contribution is 5.83. The summed E-state index contributed by atoms with van der Waals surface area (Å²) in [7, 11) is 0. The van der Waals surface area contributed by atoms with Crippen LogP contribution in [0.4, 0.5) is 10.1 Å². The number of nitrogens with two attached hydrogens (primary N) is 1. The molecule has 0 radical (unpaired) electrons. The van der Waals surface area contributed by atoms with Gasteiger partial charge in [0, 0.05) is 23.0 Å². The topological polar surface area (TPSA) is 38.9 Å². The Labute approximate surface area is 141 Å². The molecule has 0 aliphatic rings.